The van der Waals surface area contributed by atoms with Gasteiger partial charge in [-0.1, -0.05) is 18.9 Å². The van der Waals surface area contributed by atoms with Crippen LogP contribution in [0.4, 0.5) is 0 Å². The molecule has 0 amide bonds. The fraction of sp³-hybridized carbons (Fsp3) is 1.00. The maximum atomic E-state index is 10.7. The Balaban J connectivity index is 3.69. The Bertz CT molecular complexity index is 79.1. The van der Waals surface area contributed by atoms with Crippen LogP contribution in [0.3, 0.4) is 0 Å². The molecule has 1 radical (unpaired) electrons. The van der Waals surface area contributed by atoms with E-state index in [0.717, 1.165) is 0 Å². The number of nitrogens with zero attached hydrogens (tertiary/aromatic N) is 1. The average Bonchev–Trinajstić information content (AvgIpc) is 2.00. The van der Waals surface area contributed by atoms with Gasteiger partial charge in [0.05, 0.1) is 0 Å². The van der Waals surface area contributed by atoms with Crippen molar-refractivity contribution in [3.8, 4) is 0 Å². The zero-order valence-corrected chi connectivity index (χ0v) is 6.32. The number of hydroxylamine groups is 2. The summed E-state index contributed by atoms with van der Waals surface area (Å²) in [6.07, 6.45) is -1.48. The van der Waals surface area contributed by atoms with Crippen molar-refractivity contribution in [3.63, 3.8) is 0 Å². The van der Waals surface area contributed by atoms with Crippen molar-refractivity contribution in [2.75, 3.05) is 0 Å². The molecule has 4 heteroatoms. The topological polar surface area (TPSA) is 63.6 Å². The second-order valence-corrected chi connectivity index (χ2v) is 2.14. The third-order valence-corrected chi connectivity index (χ3v) is 1.32. The lowest BCUT2D eigenvalue weighted by Gasteiger charge is -2.21. The standard InChI is InChI=1S/C6H14NO3/c1-3-5(8)7(10)6(9)4-2/h5-6,8-9H,3-4H2,1-2H3. The third-order valence-electron chi connectivity index (χ3n) is 1.32. The molecule has 0 saturated heterocycles. The van der Waals surface area contributed by atoms with Crippen molar-refractivity contribution in [1.29, 1.82) is 0 Å². The minimum atomic E-state index is -1.07. The molecule has 0 saturated carbocycles. The van der Waals surface area contributed by atoms with Gasteiger partial charge < -0.3 is 10.2 Å². The van der Waals surface area contributed by atoms with Gasteiger partial charge in [0.15, 0.2) is 0 Å². The fourth-order valence-electron chi connectivity index (χ4n) is 0.559. The Morgan fingerprint density at radius 1 is 1.20 bits per heavy atom. The van der Waals surface area contributed by atoms with Crippen LogP contribution in [0, 0.1) is 0 Å². The van der Waals surface area contributed by atoms with Crippen molar-refractivity contribution >= 4 is 0 Å². The highest BCUT2D eigenvalue weighted by Gasteiger charge is 2.19. The SMILES string of the molecule is CCC(O)N([O])C(O)CC. The van der Waals surface area contributed by atoms with E-state index in [2.05, 4.69) is 0 Å². The van der Waals surface area contributed by atoms with Crippen molar-refractivity contribution in [3.05, 3.63) is 0 Å². The van der Waals surface area contributed by atoms with Crippen molar-refractivity contribution in [2.45, 2.75) is 39.1 Å². The maximum Gasteiger partial charge on any atom is 0.135 e. The van der Waals surface area contributed by atoms with E-state index in [1.807, 2.05) is 0 Å². The Morgan fingerprint density at radius 3 is 1.70 bits per heavy atom. The quantitative estimate of drug-likeness (QED) is 0.438. The maximum absolute atomic E-state index is 10.7. The molecule has 0 heterocycles. The molecule has 61 valence electrons. The first-order chi connectivity index (χ1) is 4.63. The summed E-state index contributed by atoms with van der Waals surface area (Å²) in [5, 5.41) is 28.8. The molecular formula is C6H14NO3. The Morgan fingerprint density at radius 2 is 1.50 bits per heavy atom. The van der Waals surface area contributed by atoms with E-state index in [9.17, 15) is 5.21 Å². The van der Waals surface area contributed by atoms with Gasteiger partial charge in [0.1, 0.15) is 12.5 Å². The van der Waals surface area contributed by atoms with E-state index in [4.69, 9.17) is 10.2 Å². The van der Waals surface area contributed by atoms with Crippen LogP contribution in [0.2, 0.25) is 0 Å². The van der Waals surface area contributed by atoms with Crippen molar-refractivity contribution in [1.82, 2.24) is 5.06 Å². The molecule has 10 heavy (non-hydrogen) atoms. The summed E-state index contributed by atoms with van der Waals surface area (Å²) < 4.78 is 0. The highest BCUT2D eigenvalue weighted by atomic mass is 16.6. The van der Waals surface area contributed by atoms with Gasteiger partial charge in [-0.2, -0.15) is 0 Å². The van der Waals surface area contributed by atoms with Gasteiger partial charge in [0.2, 0.25) is 0 Å². The minimum Gasteiger partial charge on any atom is -0.376 e. The van der Waals surface area contributed by atoms with Crippen LogP contribution in [-0.2, 0) is 5.21 Å². The van der Waals surface area contributed by atoms with Crippen LogP contribution in [0.5, 0.6) is 0 Å². The molecule has 0 aromatic carbocycles. The molecule has 2 N–H and O–H groups in total. The molecule has 0 spiro atoms. The molecule has 0 rings (SSSR count). The van der Waals surface area contributed by atoms with Crippen LogP contribution >= 0.6 is 0 Å². The second-order valence-electron chi connectivity index (χ2n) is 2.14. The molecule has 2 unspecified atom stereocenters. The van der Waals surface area contributed by atoms with Crippen molar-refractivity contribution < 1.29 is 15.4 Å². The first-order valence-electron chi connectivity index (χ1n) is 3.45. The van der Waals surface area contributed by atoms with Gasteiger partial charge in [-0.05, 0) is 12.8 Å². The Kier molecular flexibility index (Phi) is 4.55. The highest BCUT2D eigenvalue weighted by Crippen LogP contribution is 2.03. The summed E-state index contributed by atoms with van der Waals surface area (Å²) in [4.78, 5) is 0. The minimum absolute atomic E-state index is 0.306. The molecule has 0 bridgehead atoms. The van der Waals surface area contributed by atoms with Crippen LogP contribution in [-0.4, -0.2) is 27.7 Å². The Labute approximate surface area is 60.7 Å². The normalized spacial score (nSPS) is 17.4. The predicted octanol–water partition coefficient (Wildman–Crippen LogP) is 0.0907. The lowest BCUT2D eigenvalue weighted by atomic mass is 10.3. The number of rotatable bonds is 4. The van der Waals surface area contributed by atoms with Crippen LogP contribution in [0.25, 0.3) is 0 Å². The van der Waals surface area contributed by atoms with E-state index >= 15 is 0 Å². The second kappa shape index (κ2) is 4.62. The smallest absolute Gasteiger partial charge is 0.135 e. The molecule has 0 aliphatic rings. The number of aliphatic hydroxyl groups excluding tert-OH is 2. The van der Waals surface area contributed by atoms with Gasteiger partial charge in [-0.25, -0.2) is 0 Å². The molecule has 0 aliphatic carbocycles. The molecule has 0 aromatic rings. The van der Waals surface area contributed by atoms with Crippen molar-refractivity contribution in [2.24, 2.45) is 0 Å². The number of hydrogen-bond acceptors (Lipinski definition) is 3. The van der Waals surface area contributed by atoms with Crippen LogP contribution in [0.1, 0.15) is 26.7 Å². The Hall–Kier alpha value is -0.160. The summed E-state index contributed by atoms with van der Waals surface area (Å²) in [5.41, 5.74) is 0. The summed E-state index contributed by atoms with van der Waals surface area (Å²) >= 11 is 0. The molecule has 2 atom stereocenters. The van der Waals surface area contributed by atoms with Gasteiger partial charge in [0.25, 0.3) is 0 Å². The van der Waals surface area contributed by atoms with Gasteiger partial charge >= 0.3 is 0 Å². The molecule has 4 nitrogen and oxygen atoms in total. The van der Waals surface area contributed by atoms with Gasteiger partial charge in [0, 0.05) is 0 Å². The van der Waals surface area contributed by atoms with E-state index in [1.54, 1.807) is 13.8 Å². The van der Waals surface area contributed by atoms with Gasteiger partial charge in [-0.15, -0.1) is 5.21 Å². The number of hydrogen-bond donors (Lipinski definition) is 2. The summed E-state index contributed by atoms with van der Waals surface area (Å²) in [5.74, 6) is 0. The summed E-state index contributed by atoms with van der Waals surface area (Å²) in [6.45, 7) is 3.36. The molecule has 0 aliphatic heterocycles. The third kappa shape index (κ3) is 2.62. The monoisotopic (exact) mass is 148 g/mol. The predicted molar refractivity (Wildman–Crippen MR) is 35.1 cm³/mol. The lowest BCUT2D eigenvalue weighted by molar-refractivity contribution is -0.308. The van der Waals surface area contributed by atoms with E-state index < -0.39 is 12.5 Å². The first kappa shape index (κ1) is 9.84. The summed E-state index contributed by atoms with van der Waals surface area (Å²) in [7, 11) is 0. The van der Waals surface area contributed by atoms with E-state index in [-0.39, 0.29) is 0 Å². The fourth-order valence-corrected chi connectivity index (χ4v) is 0.559. The lowest BCUT2D eigenvalue weighted by Crippen LogP contribution is -2.38. The van der Waals surface area contributed by atoms with Crippen LogP contribution < -0.4 is 0 Å². The molecular weight excluding hydrogens is 134 g/mol. The van der Waals surface area contributed by atoms with Gasteiger partial charge in [-0.3, -0.25) is 0 Å². The largest absolute Gasteiger partial charge is 0.376 e. The molecule has 0 aromatic heterocycles. The highest BCUT2D eigenvalue weighted by molar-refractivity contribution is 4.51. The zero-order chi connectivity index (χ0) is 8.15. The van der Waals surface area contributed by atoms with E-state index in [1.165, 1.54) is 0 Å². The summed E-state index contributed by atoms with van der Waals surface area (Å²) in [6, 6.07) is 0. The van der Waals surface area contributed by atoms with E-state index in [0.29, 0.717) is 17.9 Å². The zero-order valence-electron chi connectivity index (χ0n) is 6.32. The number of aliphatic hydroxyl groups is 2. The molecule has 0 fully saturated rings. The first-order valence-corrected chi connectivity index (χ1v) is 3.45. The van der Waals surface area contributed by atoms with Crippen LogP contribution in [0.15, 0.2) is 0 Å². The average molecular weight is 148 g/mol.